The van der Waals surface area contributed by atoms with E-state index in [0.717, 1.165) is 5.69 Å². The first-order valence-electron chi connectivity index (χ1n) is 5.39. The number of aromatic nitrogens is 1. The molecule has 0 atom stereocenters. The van der Waals surface area contributed by atoms with Crippen molar-refractivity contribution in [2.45, 2.75) is 40.3 Å². The van der Waals surface area contributed by atoms with Crippen molar-refractivity contribution in [1.82, 2.24) is 14.0 Å². The van der Waals surface area contributed by atoms with Crippen molar-refractivity contribution in [2.24, 2.45) is 0 Å². The molecule has 6 nitrogen and oxygen atoms in total. The average Bonchev–Trinajstić information content (AvgIpc) is 2.54. The molecule has 1 aromatic rings. The minimum atomic E-state index is -3.48. The largest absolute Gasteiger partial charge is 0.444 e. The lowest BCUT2D eigenvalue weighted by Gasteiger charge is -2.20. The first kappa shape index (κ1) is 14.1. The highest BCUT2D eigenvalue weighted by Crippen LogP contribution is 2.09. The van der Waals surface area contributed by atoms with Crippen LogP contribution >= 0.6 is 0 Å². The summed E-state index contributed by atoms with van der Waals surface area (Å²) in [5.74, 6) is 1.08. The zero-order valence-electron chi connectivity index (χ0n) is 10.8. The van der Waals surface area contributed by atoms with E-state index >= 15 is 0 Å². The van der Waals surface area contributed by atoms with Gasteiger partial charge in [-0.2, -0.15) is 17.4 Å². The van der Waals surface area contributed by atoms with Crippen LogP contribution in [0, 0.1) is 13.8 Å². The van der Waals surface area contributed by atoms with Crippen molar-refractivity contribution >= 4 is 10.2 Å². The average molecular weight is 261 g/mol. The molecule has 0 aliphatic rings. The second-order valence-electron chi connectivity index (χ2n) is 4.19. The quantitative estimate of drug-likeness (QED) is 0.856. The molecule has 7 heteroatoms. The Hall–Kier alpha value is -0.920. The fourth-order valence-electron chi connectivity index (χ4n) is 1.15. The number of hydrogen-bond acceptors (Lipinski definition) is 4. The molecule has 0 bridgehead atoms. The molecule has 0 spiro atoms. The van der Waals surface area contributed by atoms with Gasteiger partial charge >= 0.3 is 0 Å². The summed E-state index contributed by atoms with van der Waals surface area (Å²) in [5.41, 5.74) is 0.774. The molecular weight excluding hydrogens is 242 g/mol. The van der Waals surface area contributed by atoms with E-state index in [9.17, 15) is 8.42 Å². The first-order chi connectivity index (χ1) is 7.74. The van der Waals surface area contributed by atoms with Crippen molar-refractivity contribution in [3.8, 4) is 0 Å². The van der Waals surface area contributed by atoms with E-state index in [1.165, 1.54) is 11.4 Å². The maximum absolute atomic E-state index is 11.8. The topological polar surface area (TPSA) is 75.4 Å². The molecule has 0 amide bonds. The third-order valence-corrected chi connectivity index (χ3v) is 4.27. The van der Waals surface area contributed by atoms with Gasteiger partial charge in [0.15, 0.2) is 0 Å². The maximum Gasteiger partial charge on any atom is 0.279 e. The van der Waals surface area contributed by atoms with E-state index < -0.39 is 10.2 Å². The van der Waals surface area contributed by atoms with Gasteiger partial charge in [0.1, 0.15) is 5.76 Å². The highest BCUT2D eigenvalue weighted by atomic mass is 32.2. The summed E-state index contributed by atoms with van der Waals surface area (Å²) in [6, 6.07) is -0.0967. The van der Waals surface area contributed by atoms with Gasteiger partial charge in [-0.05, 0) is 27.7 Å². The first-order valence-corrected chi connectivity index (χ1v) is 6.83. The predicted molar refractivity (Wildman–Crippen MR) is 64.6 cm³/mol. The molecule has 0 aliphatic carbocycles. The second-order valence-corrected chi connectivity index (χ2v) is 6.00. The Kier molecular flexibility index (Phi) is 4.29. The highest BCUT2D eigenvalue weighted by Gasteiger charge is 2.20. The lowest BCUT2D eigenvalue weighted by molar-refractivity contribution is 0.396. The Labute approximate surface area is 102 Å². The van der Waals surface area contributed by atoms with E-state index in [0.29, 0.717) is 11.7 Å². The van der Waals surface area contributed by atoms with Gasteiger partial charge in [0.2, 0.25) is 5.89 Å². The Balaban J connectivity index is 2.68. The van der Waals surface area contributed by atoms with Crippen molar-refractivity contribution in [2.75, 3.05) is 7.05 Å². The second kappa shape index (κ2) is 5.16. The number of aryl methyl sites for hydroxylation is 2. The van der Waals surface area contributed by atoms with E-state index in [2.05, 4.69) is 9.71 Å². The van der Waals surface area contributed by atoms with Crippen LogP contribution in [0.2, 0.25) is 0 Å². The fourth-order valence-corrected chi connectivity index (χ4v) is 2.21. The number of oxazole rings is 1. The van der Waals surface area contributed by atoms with Gasteiger partial charge in [0, 0.05) is 13.1 Å². The summed E-state index contributed by atoms with van der Waals surface area (Å²) >= 11 is 0. The number of nitrogens with one attached hydrogen (secondary N) is 1. The predicted octanol–water partition coefficient (Wildman–Crippen LogP) is 0.966. The van der Waals surface area contributed by atoms with Crippen molar-refractivity contribution < 1.29 is 12.8 Å². The summed E-state index contributed by atoms with van der Waals surface area (Å²) in [4.78, 5) is 4.11. The van der Waals surface area contributed by atoms with Gasteiger partial charge in [-0.1, -0.05) is 0 Å². The molecule has 1 aromatic heterocycles. The van der Waals surface area contributed by atoms with E-state index in [4.69, 9.17) is 4.42 Å². The summed E-state index contributed by atoms with van der Waals surface area (Å²) in [6.45, 7) is 7.28. The molecule has 1 N–H and O–H groups in total. The van der Waals surface area contributed by atoms with Crippen LogP contribution in [0.4, 0.5) is 0 Å². The molecule has 0 saturated heterocycles. The number of nitrogens with zero attached hydrogens (tertiary/aromatic N) is 2. The van der Waals surface area contributed by atoms with Crippen LogP contribution in [0.1, 0.15) is 31.2 Å². The number of rotatable bonds is 5. The number of hydrogen-bond donors (Lipinski definition) is 1. The SMILES string of the molecule is Cc1nc(CNS(=O)(=O)N(C)C(C)C)oc1C. The zero-order valence-corrected chi connectivity index (χ0v) is 11.6. The molecule has 1 rings (SSSR count). The molecule has 0 radical (unpaired) electrons. The zero-order chi connectivity index (χ0) is 13.2. The van der Waals surface area contributed by atoms with Crippen LogP contribution < -0.4 is 4.72 Å². The van der Waals surface area contributed by atoms with Gasteiger partial charge in [-0.15, -0.1) is 0 Å². The molecule has 17 heavy (non-hydrogen) atoms. The van der Waals surface area contributed by atoms with Gasteiger partial charge in [0.25, 0.3) is 10.2 Å². The van der Waals surface area contributed by atoms with E-state index in [-0.39, 0.29) is 12.6 Å². The molecule has 0 unspecified atom stereocenters. The Bertz CT molecular complexity index is 459. The normalized spacial score (nSPS) is 12.6. The monoisotopic (exact) mass is 261 g/mol. The molecule has 0 aromatic carbocycles. The minimum Gasteiger partial charge on any atom is -0.444 e. The lowest BCUT2D eigenvalue weighted by Crippen LogP contribution is -2.41. The highest BCUT2D eigenvalue weighted by molar-refractivity contribution is 7.87. The fraction of sp³-hybridized carbons (Fsp3) is 0.700. The summed E-state index contributed by atoms with van der Waals surface area (Å²) in [5, 5.41) is 0. The van der Waals surface area contributed by atoms with E-state index in [1.54, 1.807) is 20.8 Å². The van der Waals surface area contributed by atoms with Gasteiger partial charge in [-0.25, -0.2) is 4.98 Å². The lowest BCUT2D eigenvalue weighted by atomic mass is 10.4. The maximum atomic E-state index is 11.8. The van der Waals surface area contributed by atoms with Gasteiger partial charge in [-0.3, -0.25) is 0 Å². The smallest absolute Gasteiger partial charge is 0.279 e. The van der Waals surface area contributed by atoms with Crippen LogP contribution in [0.25, 0.3) is 0 Å². The summed E-state index contributed by atoms with van der Waals surface area (Å²) in [7, 11) is -1.95. The van der Waals surface area contributed by atoms with Crippen LogP contribution in [0.3, 0.4) is 0 Å². The van der Waals surface area contributed by atoms with Gasteiger partial charge < -0.3 is 4.42 Å². The molecule has 1 heterocycles. The third kappa shape index (κ3) is 3.52. The van der Waals surface area contributed by atoms with E-state index in [1.807, 2.05) is 6.92 Å². The van der Waals surface area contributed by atoms with Crippen LogP contribution in [0.5, 0.6) is 0 Å². The van der Waals surface area contributed by atoms with Crippen molar-refractivity contribution in [3.63, 3.8) is 0 Å². The van der Waals surface area contributed by atoms with Crippen molar-refractivity contribution in [3.05, 3.63) is 17.3 Å². The van der Waals surface area contributed by atoms with Crippen LogP contribution in [-0.2, 0) is 16.8 Å². The Morgan fingerprint density at radius 2 is 2.00 bits per heavy atom. The Morgan fingerprint density at radius 1 is 1.41 bits per heavy atom. The Morgan fingerprint density at radius 3 is 2.41 bits per heavy atom. The van der Waals surface area contributed by atoms with Crippen LogP contribution in [-0.4, -0.2) is 30.8 Å². The summed E-state index contributed by atoms with van der Waals surface area (Å²) < 4.78 is 32.6. The molecule has 0 fully saturated rings. The molecule has 0 saturated carbocycles. The summed E-state index contributed by atoms with van der Waals surface area (Å²) in [6.07, 6.45) is 0. The standard InChI is InChI=1S/C10H19N3O3S/c1-7(2)13(5)17(14,15)11-6-10-12-8(3)9(4)16-10/h7,11H,6H2,1-5H3. The minimum absolute atomic E-state index is 0.0636. The van der Waals surface area contributed by atoms with Gasteiger partial charge in [0.05, 0.1) is 12.2 Å². The molecule has 0 aliphatic heterocycles. The molecular formula is C10H19N3O3S. The third-order valence-electron chi connectivity index (χ3n) is 2.58. The molecule has 98 valence electrons. The van der Waals surface area contributed by atoms with Crippen LogP contribution in [0.15, 0.2) is 4.42 Å². The van der Waals surface area contributed by atoms with Crippen molar-refractivity contribution in [1.29, 1.82) is 0 Å².